The van der Waals surface area contributed by atoms with E-state index in [1.165, 1.54) is 12.5 Å². The van der Waals surface area contributed by atoms with E-state index in [1.54, 1.807) is 4.90 Å². The molecule has 90 valence electrons. The van der Waals surface area contributed by atoms with Crippen molar-refractivity contribution in [1.82, 2.24) is 5.32 Å². The molecule has 1 aromatic rings. The van der Waals surface area contributed by atoms with Crippen LogP contribution in [-0.2, 0) is 16.0 Å². The Morgan fingerprint density at radius 3 is 2.88 bits per heavy atom. The van der Waals surface area contributed by atoms with Gasteiger partial charge in [0.25, 0.3) is 0 Å². The molecule has 0 radical (unpaired) electrons. The van der Waals surface area contributed by atoms with Crippen LogP contribution in [0.2, 0.25) is 0 Å². The number of para-hydroxylation sites is 1. The van der Waals surface area contributed by atoms with Gasteiger partial charge in [-0.3, -0.25) is 9.59 Å². The number of nitrogens with one attached hydrogen (secondary N) is 1. The summed E-state index contributed by atoms with van der Waals surface area (Å²) in [7, 11) is 0. The highest BCUT2D eigenvalue weighted by Crippen LogP contribution is 2.27. The third-order valence-corrected chi connectivity index (χ3v) is 2.90. The van der Waals surface area contributed by atoms with Gasteiger partial charge in [-0.05, 0) is 18.1 Å². The lowest BCUT2D eigenvalue weighted by atomic mass is 10.2. The van der Waals surface area contributed by atoms with Gasteiger partial charge in [-0.25, -0.2) is 0 Å². The quantitative estimate of drug-likeness (QED) is 0.848. The zero-order valence-corrected chi connectivity index (χ0v) is 9.90. The lowest BCUT2D eigenvalue weighted by Gasteiger charge is -2.17. The predicted molar refractivity (Wildman–Crippen MR) is 65.8 cm³/mol. The second-order valence-electron chi connectivity index (χ2n) is 4.16. The summed E-state index contributed by atoms with van der Waals surface area (Å²) in [5.74, 6) is -0.0247. The van der Waals surface area contributed by atoms with Crippen LogP contribution < -0.4 is 10.2 Å². The number of rotatable bonds is 3. The van der Waals surface area contributed by atoms with Crippen molar-refractivity contribution >= 4 is 17.5 Å². The zero-order chi connectivity index (χ0) is 12.3. The lowest BCUT2D eigenvalue weighted by Crippen LogP contribution is -2.32. The summed E-state index contributed by atoms with van der Waals surface area (Å²) in [6.07, 6.45) is 1.27. The molecule has 0 saturated heterocycles. The van der Waals surface area contributed by atoms with Crippen LogP contribution in [0.1, 0.15) is 18.9 Å². The lowest BCUT2D eigenvalue weighted by molar-refractivity contribution is -0.119. The van der Waals surface area contributed by atoms with E-state index in [0.29, 0.717) is 13.0 Å². The van der Waals surface area contributed by atoms with Gasteiger partial charge in [0.15, 0.2) is 0 Å². The fraction of sp³-hybridized carbons (Fsp3) is 0.385. The number of carbonyl (C=O) groups excluding carboxylic acids is 2. The zero-order valence-electron chi connectivity index (χ0n) is 9.90. The molecule has 0 bridgehead atoms. The fourth-order valence-corrected chi connectivity index (χ4v) is 2.08. The second-order valence-corrected chi connectivity index (χ2v) is 4.16. The largest absolute Gasteiger partial charge is 0.356 e. The summed E-state index contributed by atoms with van der Waals surface area (Å²) in [5.41, 5.74) is 2.24. The van der Waals surface area contributed by atoms with Crippen LogP contribution in [0, 0.1) is 0 Å². The van der Waals surface area contributed by atoms with E-state index >= 15 is 0 Å². The first-order chi connectivity index (χ1) is 8.18. The molecular weight excluding hydrogens is 216 g/mol. The monoisotopic (exact) mass is 232 g/mol. The molecule has 0 aliphatic carbocycles. The molecule has 0 atom stereocenters. The van der Waals surface area contributed by atoms with Crippen molar-refractivity contribution in [2.24, 2.45) is 0 Å². The highest BCUT2D eigenvalue weighted by molar-refractivity contribution is 5.95. The van der Waals surface area contributed by atoms with Crippen molar-refractivity contribution in [3.8, 4) is 0 Å². The highest BCUT2D eigenvalue weighted by atomic mass is 16.2. The molecule has 1 aromatic carbocycles. The van der Waals surface area contributed by atoms with Crippen LogP contribution in [0.3, 0.4) is 0 Å². The topological polar surface area (TPSA) is 49.4 Å². The Labute approximate surface area is 101 Å². The molecule has 0 unspecified atom stereocenters. The Bertz CT molecular complexity index is 443. The average molecular weight is 232 g/mol. The number of carbonyl (C=O) groups is 2. The van der Waals surface area contributed by atoms with Gasteiger partial charge in [0.1, 0.15) is 0 Å². The predicted octanol–water partition coefficient (Wildman–Crippen LogP) is 1.10. The molecule has 2 rings (SSSR count). The van der Waals surface area contributed by atoms with Crippen molar-refractivity contribution in [3.63, 3.8) is 0 Å². The van der Waals surface area contributed by atoms with Gasteiger partial charge >= 0.3 is 0 Å². The minimum Gasteiger partial charge on any atom is -0.356 e. The number of benzene rings is 1. The van der Waals surface area contributed by atoms with Crippen LogP contribution in [0.25, 0.3) is 0 Å². The van der Waals surface area contributed by atoms with Gasteiger partial charge in [-0.15, -0.1) is 0 Å². The van der Waals surface area contributed by atoms with E-state index in [2.05, 4.69) is 11.4 Å². The van der Waals surface area contributed by atoms with Crippen LogP contribution in [-0.4, -0.2) is 24.9 Å². The summed E-state index contributed by atoms with van der Waals surface area (Å²) in [6, 6.07) is 7.96. The van der Waals surface area contributed by atoms with E-state index < -0.39 is 0 Å². The van der Waals surface area contributed by atoms with Crippen molar-refractivity contribution in [3.05, 3.63) is 29.8 Å². The van der Waals surface area contributed by atoms with Crippen molar-refractivity contribution in [2.75, 3.05) is 18.0 Å². The van der Waals surface area contributed by atoms with Gasteiger partial charge in [0.2, 0.25) is 11.8 Å². The molecule has 1 N–H and O–H groups in total. The SMILES string of the molecule is CC(=O)NCCC(=O)N1CCc2ccccc21. The smallest absolute Gasteiger partial charge is 0.228 e. The van der Waals surface area contributed by atoms with E-state index in [1.807, 2.05) is 18.2 Å². The standard InChI is InChI=1S/C13H16N2O2/c1-10(16)14-8-6-13(17)15-9-7-11-4-2-3-5-12(11)15/h2-5H,6-9H2,1H3,(H,14,16). The van der Waals surface area contributed by atoms with Gasteiger partial charge in [0, 0.05) is 32.1 Å². The summed E-state index contributed by atoms with van der Waals surface area (Å²) in [4.78, 5) is 24.5. The summed E-state index contributed by atoms with van der Waals surface area (Å²) >= 11 is 0. The van der Waals surface area contributed by atoms with Gasteiger partial charge in [-0.2, -0.15) is 0 Å². The molecule has 1 heterocycles. The molecule has 1 aliphatic rings. The number of amides is 2. The normalized spacial score (nSPS) is 13.4. The van der Waals surface area contributed by atoms with Gasteiger partial charge in [-0.1, -0.05) is 18.2 Å². The minimum atomic E-state index is -0.0976. The van der Waals surface area contributed by atoms with Crippen LogP contribution in [0.5, 0.6) is 0 Å². The Hall–Kier alpha value is -1.84. The molecular formula is C13H16N2O2. The van der Waals surface area contributed by atoms with Crippen LogP contribution in [0.4, 0.5) is 5.69 Å². The number of hydrogen-bond acceptors (Lipinski definition) is 2. The van der Waals surface area contributed by atoms with E-state index in [4.69, 9.17) is 0 Å². The molecule has 2 amide bonds. The first kappa shape index (κ1) is 11.6. The van der Waals surface area contributed by atoms with Crippen molar-refractivity contribution in [2.45, 2.75) is 19.8 Å². The van der Waals surface area contributed by atoms with Gasteiger partial charge < -0.3 is 10.2 Å². The second kappa shape index (κ2) is 4.99. The molecule has 4 nitrogen and oxygen atoms in total. The first-order valence-electron chi connectivity index (χ1n) is 5.81. The number of anilines is 1. The van der Waals surface area contributed by atoms with Crippen molar-refractivity contribution in [1.29, 1.82) is 0 Å². The third kappa shape index (κ3) is 2.64. The van der Waals surface area contributed by atoms with E-state index in [9.17, 15) is 9.59 Å². The Morgan fingerprint density at radius 1 is 1.35 bits per heavy atom. The highest BCUT2D eigenvalue weighted by Gasteiger charge is 2.23. The summed E-state index contributed by atoms with van der Waals surface area (Å²) in [5, 5.41) is 2.64. The molecule has 0 fully saturated rings. The number of nitrogens with zero attached hydrogens (tertiary/aromatic N) is 1. The van der Waals surface area contributed by atoms with Crippen molar-refractivity contribution < 1.29 is 9.59 Å². The fourth-order valence-electron chi connectivity index (χ4n) is 2.08. The van der Waals surface area contributed by atoms with E-state index in [0.717, 1.165) is 18.7 Å². The Morgan fingerprint density at radius 2 is 2.12 bits per heavy atom. The Balaban J connectivity index is 1.96. The Kier molecular flexibility index (Phi) is 3.42. The molecule has 1 aliphatic heterocycles. The molecule has 0 saturated carbocycles. The minimum absolute atomic E-state index is 0.0729. The first-order valence-corrected chi connectivity index (χ1v) is 5.81. The van der Waals surface area contributed by atoms with E-state index in [-0.39, 0.29) is 11.8 Å². The average Bonchev–Trinajstić information content (AvgIpc) is 2.72. The maximum Gasteiger partial charge on any atom is 0.228 e. The van der Waals surface area contributed by atoms with Crippen LogP contribution >= 0.6 is 0 Å². The molecule has 17 heavy (non-hydrogen) atoms. The maximum atomic E-state index is 12.0. The number of fused-ring (bicyclic) bond motifs is 1. The third-order valence-electron chi connectivity index (χ3n) is 2.90. The maximum absolute atomic E-state index is 12.0. The summed E-state index contributed by atoms with van der Waals surface area (Å²) < 4.78 is 0. The molecule has 0 spiro atoms. The number of hydrogen-bond donors (Lipinski definition) is 1. The van der Waals surface area contributed by atoms with Gasteiger partial charge in [0.05, 0.1) is 0 Å². The molecule has 0 aromatic heterocycles. The molecule has 4 heteroatoms. The summed E-state index contributed by atoms with van der Waals surface area (Å²) in [6.45, 7) is 2.61. The van der Waals surface area contributed by atoms with Crippen LogP contribution in [0.15, 0.2) is 24.3 Å².